The third kappa shape index (κ3) is 3.86. The molecule has 2 fully saturated rings. The van der Waals surface area contributed by atoms with Crippen molar-refractivity contribution in [2.24, 2.45) is 0 Å². The molecule has 0 spiro atoms. The largest absolute Gasteiger partial charge is 0.381 e. The van der Waals surface area contributed by atoms with Crippen LogP contribution in [0, 0.1) is 0 Å². The van der Waals surface area contributed by atoms with E-state index in [0.29, 0.717) is 0 Å². The Balaban J connectivity index is 1.37. The average Bonchev–Trinajstić information content (AvgIpc) is 3.12. The van der Waals surface area contributed by atoms with Crippen molar-refractivity contribution in [3.63, 3.8) is 0 Å². The molecule has 0 aromatic carbocycles. The van der Waals surface area contributed by atoms with Gasteiger partial charge in [0.25, 0.3) is 0 Å². The van der Waals surface area contributed by atoms with Crippen LogP contribution in [0.4, 0.5) is 0 Å². The average molecular weight is 246 g/mol. The monoisotopic (exact) mass is 246 g/mol. The molecule has 0 aliphatic carbocycles. The summed E-state index contributed by atoms with van der Waals surface area (Å²) in [5.74, 6) is 0. The smallest absolute Gasteiger partial charge is 0.0477 e. The lowest BCUT2D eigenvalue weighted by atomic mass is 10.2. The van der Waals surface area contributed by atoms with Crippen molar-refractivity contribution in [1.82, 2.24) is 0 Å². The van der Waals surface area contributed by atoms with Crippen LogP contribution in [0.2, 0.25) is 0 Å². The van der Waals surface area contributed by atoms with E-state index in [1.54, 1.807) is 0 Å². The van der Waals surface area contributed by atoms with Gasteiger partial charge in [0.1, 0.15) is 0 Å². The number of thioether (sulfide) groups is 2. The standard InChI is InChI=1S/C12H22OS2/c1-3-9-11(14-9)5-7-13-8-6-12-10(4-2)15-12/h9-12H,3-8H2,1-2H3. The van der Waals surface area contributed by atoms with Gasteiger partial charge in [0.05, 0.1) is 0 Å². The van der Waals surface area contributed by atoms with Gasteiger partial charge in [-0.1, -0.05) is 13.8 Å². The lowest BCUT2D eigenvalue weighted by Crippen LogP contribution is -2.04. The van der Waals surface area contributed by atoms with Crippen molar-refractivity contribution >= 4 is 23.5 Å². The summed E-state index contributed by atoms with van der Waals surface area (Å²) in [6.45, 7) is 6.55. The Hall–Kier alpha value is 0.660. The van der Waals surface area contributed by atoms with E-state index in [0.717, 1.165) is 34.2 Å². The van der Waals surface area contributed by atoms with Crippen LogP contribution in [0.3, 0.4) is 0 Å². The molecule has 0 aromatic heterocycles. The van der Waals surface area contributed by atoms with Crippen LogP contribution in [0.25, 0.3) is 0 Å². The zero-order valence-electron chi connectivity index (χ0n) is 9.78. The van der Waals surface area contributed by atoms with E-state index in [-0.39, 0.29) is 0 Å². The molecule has 4 atom stereocenters. The molecule has 0 radical (unpaired) electrons. The molecule has 2 aliphatic heterocycles. The Bertz CT molecular complexity index is 178. The van der Waals surface area contributed by atoms with Gasteiger partial charge in [-0.3, -0.25) is 0 Å². The first-order valence-electron chi connectivity index (χ1n) is 6.23. The van der Waals surface area contributed by atoms with E-state index in [4.69, 9.17) is 4.74 Å². The van der Waals surface area contributed by atoms with Gasteiger partial charge in [-0.25, -0.2) is 0 Å². The summed E-state index contributed by atoms with van der Waals surface area (Å²) in [4.78, 5) is 0. The first kappa shape index (κ1) is 12.1. The zero-order valence-corrected chi connectivity index (χ0v) is 11.4. The van der Waals surface area contributed by atoms with Gasteiger partial charge in [0.15, 0.2) is 0 Å². The maximum absolute atomic E-state index is 5.69. The van der Waals surface area contributed by atoms with Gasteiger partial charge in [-0.05, 0) is 25.7 Å². The first-order chi connectivity index (χ1) is 7.35. The predicted octanol–water partition coefficient (Wildman–Crippen LogP) is 3.57. The van der Waals surface area contributed by atoms with E-state index in [2.05, 4.69) is 37.4 Å². The van der Waals surface area contributed by atoms with Gasteiger partial charge in [0.2, 0.25) is 0 Å². The summed E-state index contributed by atoms with van der Waals surface area (Å²) < 4.78 is 5.69. The van der Waals surface area contributed by atoms with Gasteiger partial charge in [0, 0.05) is 34.2 Å². The molecule has 88 valence electrons. The molecule has 4 unspecified atom stereocenters. The van der Waals surface area contributed by atoms with Crippen LogP contribution >= 0.6 is 23.5 Å². The van der Waals surface area contributed by atoms with Crippen LogP contribution in [0.5, 0.6) is 0 Å². The minimum atomic E-state index is 0.925. The predicted molar refractivity (Wildman–Crippen MR) is 71.0 cm³/mol. The molecule has 2 aliphatic rings. The lowest BCUT2D eigenvalue weighted by Gasteiger charge is -2.02. The van der Waals surface area contributed by atoms with E-state index in [1.807, 2.05) is 0 Å². The van der Waals surface area contributed by atoms with Crippen molar-refractivity contribution < 1.29 is 4.74 Å². The lowest BCUT2D eigenvalue weighted by molar-refractivity contribution is 0.131. The summed E-state index contributed by atoms with van der Waals surface area (Å²) in [6, 6.07) is 0. The number of rotatable bonds is 8. The molecule has 1 nitrogen and oxygen atoms in total. The molecule has 0 saturated carbocycles. The molecular weight excluding hydrogens is 224 g/mol. The second kappa shape index (κ2) is 5.83. The summed E-state index contributed by atoms with van der Waals surface area (Å²) in [5, 5.41) is 3.76. The van der Waals surface area contributed by atoms with E-state index in [1.165, 1.54) is 25.7 Å². The molecule has 2 rings (SSSR count). The number of ether oxygens (including phenoxy) is 1. The Morgan fingerprint density at radius 2 is 1.27 bits per heavy atom. The maximum atomic E-state index is 5.69. The molecule has 0 aromatic rings. The fraction of sp³-hybridized carbons (Fsp3) is 1.00. The first-order valence-corrected chi connectivity index (χ1v) is 8.12. The van der Waals surface area contributed by atoms with Crippen LogP contribution < -0.4 is 0 Å². The highest BCUT2D eigenvalue weighted by Gasteiger charge is 2.36. The second-order valence-corrected chi connectivity index (χ2v) is 7.40. The molecule has 15 heavy (non-hydrogen) atoms. The molecule has 2 heterocycles. The van der Waals surface area contributed by atoms with Crippen molar-refractivity contribution in [3.8, 4) is 0 Å². The molecule has 3 heteroatoms. The summed E-state index contributed by atoms with van der Waals surface area (Å²) in [7, 11) is 0. The second-order valence-electron chi connectivity index (χ2n) is 4.43. The fourth-order valence-corrected chi connectivity index (χ4v) is 4.31. The molecule has 0 bridgehead atoms. The third-order valence-electron chi connectivity index (χ3n) is 3.27. The van der Waals surface area contributed by atoms with Gasteiger partial charge in [-0.2, -0.15) is 23.5 Å². The molecule has 0 amide bonds. The van der Waals surface area contributed by atoms with Gasteiger partial charge >= 0.3 is 0 Å². The Labute approximate surface area is 102 Å². The fourth-order valence-electron chi connectivity index (χ4n) is 2.09. The van der Waals surface area contributed by atoms with Gasteiger partial charge < -0.3 is 4.74 Å². The molecule has 0 N–H and O–H groups in total. The summed E-state index contributed by atoms with van der Waals surface area (Å²) >= 11 is 4.27. The number of hydrogen-bond acceptors (Lipinski definition) is 3. The Morgan fingerprint density at radius 1 is 0.800 bits per heavy atom. The van der Waals surface area contributed by atoms with Crippen molar-refractivity contribution in [1.29, 1.82) is 0 Å². The van der Waals surface area contributed by atoms with Crippen molar-refractivity contribution in [3.05, 3.63) is 0 Å². The highest BCUT2D eigenvalue weighted by atomic mass is 32.2. The minimum absolute atomic E-state index is 0.925. The normalized spacial score (nSPS) is 38.0. The Kier molecular flexibility index (Phi) is 4.71. The van der Waals surface area contributed by atoms with Gasteiger partial charge in [-0.15, -0.1) is 0 Å². The topological polar surface area (TPSA) is 9.23 Å². The van der Waals surface area contributed by atoms with Crippen LogP contribution in [-0.2, 0) is 4.74 Å². The highest BCUT2D eigenvalue weighted by Crippen LogP contribution is 2.46. The quantitative estimate of drug-likeness (QED) is 0.479. The van der Waals surface area contributed by atoms with Crippen LogP contribution in [0.1, 0.15) is 39.5 Å². The highest BCUT2D eigenvalue weighted by molar-refractivity contribution is 8.07. The molecule has 2 saturated heterocycles. The third-order valence-corrected chi connectivity index (χ3v) is 6.50. The zero-order chi connectivity index (χ0) is 10.7. The summed E-state index contributed by atoms with van der Waals surface area (Å²) in [5.41, 5.74) is 0. The van der Waals surface area contributed by atoms with E-state index >= 15 is 0 Å². The van der Waals surface area contributed by atoms with Crippen LogP contribution in [-0.4, -0.2) is 34.2 Å². The van der Waals surface area contributed by atoms with Crippen molar-refractivity contribution in [2.75, 3.05) is 13.2 Å². The minimum Gasteiger partial charge on any atom is -0.381 e. The summed E-state index contributed by atoms with van der Waals surface area (Å²) in [6.07, 6.45) is 5.23. The Morgan fingerprint density at radius 3 is 1.60 bits per heavy atom. The molecular formula is C12H22OS2. The number of hydrogen-bond donors (Lipinski definition) is 0. The van der Waals surface area contributed by atoms with Crippen LogP contribution in [0.15, 0.2) is 0 Å². The SMILES string of the molecule is CCC1SC1CCOCCC1SC1CC. The van der Waals surface area contributed by atoms with Crippen molar-refractivity contribution in [2.45, 2.75) is 60.5 Å². The maximum Gasteiger partial charge on any atom is 0.0477 e. The van der Waals surface area contributed by atoms with E-state index < -0.39 is 0 Å². The van der Waals surface area contributed by atoms with E-state index in [9.17, 15) is 0 Å².